The van der Waals surface area contributed by atoms with E-state index in [1.54, 1.807) is 21.3 Å². The topological polar surface area (TPSA) is 57.2 Å². The molecule has 0 spiro atoms. The van der Waals surface area contributed by atoms with Gasteiger partial charge in [-0.25, -0.2) is 0 Å². The van der Waals surface area contributed by atoms with Gasteiger partial charge in [0.15, 0.2) is 11.5 Å². The Labute approximate surface area is 113 Å². The van der Waals surface area contributed by atoms with Gasteiger partial charge in [0.25, 0.3) is 0 Å². The minimum absolute atomic E-state index is 0.112. The highest BCUT2D eigenvalue weighted by Gasteiger charge is 2.30. The van der Waals surface area contributed by atoms with E-state index in [2.05, 4.69) is 0 Å². The van der Waals surface area contributed by atoms with Crippen LogP contribution < -0.4 is 14.2 Å². The molecule has 2 rings (SSSR count). The van der Waals surface area contributed by atoms with E-state index < -0.39 is 0 Å². The highest BCUT2D eigenvalue weighted by molar-refractivity contribution is 5.54. The van der Waals surface area contributed by atoms with E-state index in [0.29, 0.717) is 23.9 Å². The molecule has 5 heteroatoms. The van der Waals surface area contributed by atoms with Crippen molar-refractivity contribution >= 4 is 0 Å². The van der Waals surface area contributed by atoms with Crippen LogP contribution in [0.25, 0.3) is 0 Å². The second-order valence-corrected chi connectivity index (χ2v) is 4.48. The summed E-state index contributed by atoms with van der Waals surface area (Å²) in [5, 5.41) is 9.38. The van der Waals surface area contributed by atoms with Gasteiger partial charge >= 0.3 is 0 Å². The lowest BCUT2D eigenvalue weighted by Gasteiger charge is -2.20. The lowest BCUT2D eigenvalue weighted by Crippen LogP contribution is -2.12. The Bertz CT molecular complexity index is 407. The van der Waals surface area contributed by atoms with Crippen LogP contribution in [-0.2, 0) is 4.74 Å². The molecule has 1 saturated heterocycles. The molecule has 0 aliphatic carbocycles. The van der Waals surface area contributed by atoms with Crippen LogP contribution in [-0.4, -0.2) is 39.6 Å². The van der Waals surface area contributed by atoms with Crippen LogP contribution >= 0.6 is 0 Å². The molecule has 0 radical (unpaired) electrons. The normalized spacial score (nSPS) is 22.3. The van der Waals surface area contributed by atoms with Crippen LogP contribution in [0.2, 0.25) is 0 Å². The molecule has 2 unspecified atom stereocenters. The molecule has 0 bridgehead atoms. The first-order valence-corrected chi connectivity index (χ1v) is 6.27. The van der Waals surface area contributed by atoms with Crippen molar-refractivity contribution in [3.8, 4) is 17.2 Å². The average Bonchev–Trinajstić information content (AvgIpc) is 2.93. The first-order chi connectivity index (χ1) is 9.24. The molecule has 1 aliphatic heterocycles. The largest absolute Gasteiger partial charge is 0.493 e. The Kier molecular flexibility index (Phi) is 4.50. The van der Waals surface area contributed by atoms with Crippen LogP contribution in [0.3, 0.4) is 0 Å². The predicted molar refractivity (Wildman–Crippen MR) is 70.0 cm³/mol. The van der Waals surface area contributed by atoms with E-state index in [-0.39, 0.29) is 18.6 Å². The van der Waals surface area contributed by atoms with Crippen molar-refractivity contribution < 1.29 is 24.1 Å². The second kappa shape index (κ2) is 6.12. The molecule has 1 N–H and O–H groups in total. The molecule has 0 amide bonds. The summed E-state index contributed by atoms with van der Waals surface area (Å²) in [6.07, 6.45) is 0.733. The maximum absolute atomic E-state index is 9.38. The van der Waals surface area contributed by atoms with Crippen molar-refractivity contribution in [3.05, 3.63) is 17.7 Å². The first kappa shape index (κ1) is 14.0. The Morgan fingerprint density at radius 2 is 1.79 bits per heavy atom. The summed E-state index contributed by atoms with van der Waals surface area (Å²) in [7, 11) is 4.74. The molecule has 5 nitrogen and oxygen atoms in total. The third-order valence-electron chi connectivity index (χ3n) is 3.46. The molecule has 1 aromatic carbocycles. The van der Waals surface area contributed by atoms with E-state index in [1.807, 2.05) is 12.1 Å². The summed E-state index contributed by atoms with van der Waals surface area (Å²) in [6.45, 7) is 0.772. The van der Waals surface area contributed by atoms with Gasteiger partial charge in [0.1, 0.15) is 0 Å². The zero-order valence-corrected chi connectivity index (χ0v) is 11.5. The summed E-state index contributed by atoms with van der Waals surface area (Å²) < 4.78 is 21.6. The zero-order chi connectivity index (χ0) is 13.8. The zero-order valence-electron chi connectivity index (χ0n) is 11.5. The molecule has 0 saturated carbocycles. The number of benzene rings is 1. The number of ether oxygens (including phenoxy) is 4. The van der Waals surface area contributed by atoms with E-state index >= 15 is 0 Å². The second-order valence-electron chi connectivity index (χ2n) is 4.48. The highest BCUT2D eigenvalue weighted by atomic mass is 16.5. The lowest BCUT2D eigenvalue weighted by atomic mass is 9.95. The fourth-order valence-corrected chi connectivity index (χ4v) is 2.45. The molecular weight excluding hydrogens is 248 g/mol. The predicted octanol–water partition coefficient (Wildman–Crippen LogP) is 1.78. The minimum atomic E-state index is -0.126. The van der Waals surface area contributed by atoms with Gasteiger partial charge in [0.2, 0.25) is 5.75 Å². The van der Waals surface area contributed by atoms with E-state index in [9.17, 15) is 5.11 Å². The summed E-state index contributed by atoms with van der Waals surface area (Å²) in [4.78, 5) is 0. The van der Waals surface area contributed by atoms with Crippen molar-refractivity contribution in [2.24, 2.45) is 5.92 Å². The van der Waals surface area contributed by atoms with Gasteiger partial charge in [-0.3, -0.25) is 0 Å². The maximum Gasteiger partial charge on any atom is 0.203 e. The van der Waals surface area contributed by atoms with Crippen molar-refractivity contribution in [1.29, 1.82) is 0 Å². The third-order valence-corrected chi connectivity index (χ3v) is 3.46. The SMILES string of the molecule is COc1cc(C2OCCC2CO)cc(OC)c1OC. The van der Waals surface area contributed by atoms with Crippen LogP contribution in [0.4, 0.5) is 0 Å². The van der Waals surface area contributed by atoms with Gasteiger partial charge in [-0.2, -0.15) is 0 Å². The number of hydrogen-bond donors (Lipinski definition) is 1. The molecule has 1 fully saturated rings. The van der Waals surface area contributed by atoms with Crippen molar-refractivity contribution in [1.82, 2.24) is 0 Å². The summed E-state index contributed by atoms with van der Waals surface area (Å²) in [5.41, 5.74) is 0.936. The number of methoxy groups -OCH3 is 3. The highest BCUT2D eigenvalue weighted by Crippen LogP contribution is 2.43. The monoisotopic (exact) mass is 268 g/mol. The molecule has 2 atom stereocenters. The van der Waals surface area contributed by atoms with E-state index in [4.69, 9.17) is 18.9 Å². The molecule has 1 aromatic rings. The van der Waals surface area contributed by atoms with Gasteiger partial charge in [-0.1, -0.05) is 0 Å². The third kappa shape index (κ3) is 2.62. The quantitative estimate of drug-likeness (QED) is 0.882. The van der Waals surface area contributed by atoms with Crippen molar-refractivity contribution in [3.63, 3.8) is 0 Å². The average molecular weight is 268 g/mol. The fraction of sp³-hybridized carbons (Fsp3) is 0.571. The van der Waals surface area contributed by atoms with Crippen LogP contribution in [0.1, 0.15) is 18.1 Å². The summed E-state index contributed by atoms with van der Waals surface area (Å²) >= 11 is 0. The molecule has 1 heterocycles. The number of hydrogen-bond acceptors (Lipinski definition) is 5. The smallest absolute Gasteiger partial charge is 0.203 e. The van der Waals surface area contributed by atoms with Gasteiger partial charge in [0.05, 0.1) is 27.4 Å². The number of aliphatic hydroxyl groups excluding tert-OH is 1. The van der Waals surface area contributed by atoms with Crippen molar-refractivity contribution in [2.75, 3.05) is 34.5 Å². The van der Waals surface area contributed by atoms with Crippen LogP contribution in [0.15, 0.2) is 12.1 Å². The van der Waals surface area contributed by atoms with Gasteiger partial charge in [0, 0.05) is 19.1 Å². The van der Waals surface area contributed by atoms with E-state index in [1.165, 1.54) is 0 Å². The van der Waals surface area contributed by atoms with Crippen molar-refractivity contribution in [2.45, 2.75) is 12.5 Å². The first-order valence-electron chi connectivity index (χ1n) is 6.27. The maximum atomic E-state index is 9.38. The Hall–Kier alpha value is -1.46. The molecule has 1 aliphatic rings. The summed E-state index contributed by atoms with van der Waals surface area (Å²) in [5.74, 6) is 1.88. The summed E-state index contributed by atoms with van der Waals surface area (Å²) in [6, 6.07) is 3.75. The van der Waals surface area contributed by atoms with Gasteiger partial charge in [-0.05, 0) is 24.1 Å². The standard InChI is InChI=1S/C14H20O5/c1-16-11-6-10(7-12(17-2)14(11)18-3)13-9(8-15)4-5-19-13/h6-7,9,13,15H,4-5,8H2,1-3H3. The molecule has 106 valence electrons. The lowest BCUT2D eigenvalue weighted by molar-refractivity contribution is 0.0716. The minimum Gasteiger partial charge on any atom is -0.493 e. The molecule has 19 heavy (non-hydrogen) atoms. The Balaban J connectivity index is 2.41. The molecule has 0 aromatic heterocycles. The number of aliphatic hydroxyl groups is 1. The Morgan fingerprint density at radius 3 is 2.26 bits per heavy atom. The van der Waals surface area contributed by atoms with Gasteiger partial charge in [-0.15, -0.1) is 0 Å². The van der Waals surface area contributed by atoms with Gasteiger partial charge < -0.3 is 24.1 Å². The van der Waals surface area contributed by atoms with Crippen LogP contribution in [0.5, 0.6) is 17.2 Å². The Morgan fingerprint density at radius 1 is 1.16 bits per heavy atom. The van der Waals surface area contributed by atoms with E-state index in [0.717, 1.165) is 12.0 Å². The fourth-order valence-electron chi connectivity index (χ4n) is 2.45. The molecular formula is C14H20O5. The van der Waals surface area contributed by atoms with Crippen LogP contribution in [0, 0.1) is 5.92 Å². The number of rotatable bonds is 5.